The Morgan fingerprint density at radius 3 is 2.77 bits per heavy atom. The summed E-state index contributed by atoms with van der Waals surface area (Å²) in [5, 5.41) is 7.06. The zero-order chi connectivity index (χ0) is 9.47. The summed E-state index contributed by atoms with van der Waals surface area (Å²) in [6.45, 7) is 1.63. The molecule has 1 aliphatic heterocycles. The monoisotopic (exact) mass is 197 g/mol. The second kappa shape index (κ2) is 2.53. The highest BCUT2D eigenvalue weighted by Crippen LogP contribution is 2.25. The van der Waals surface area contributed by atoms with Gasteiger partial charge in [0.1, 0.15) is 5.01 Å². The minimum absolute atomic E-state index is 0.354. The van der Waals surface area contributed by atoms with E-state index in [0.29, 0.717) is 5.01 Å². The standard InChI is InChI=1S/C7H7N3O2S/c1-7(5-8-2-3-13-5)4(11)9-6(12)10-7/h2-3H,1H3,(H2,9,10,11,12)/t7-/m1/s1. The highest BCUT2D eigenvalue weighted by molar-refractivity contribution is 7.09. The summed E-state index contributed by atoms with van der Waals surface area (Å²) >= 11 is 1.34. The van der Waals surface area contributed by atoms with Gasteiger partial charge in [-0.05, 0) is 6.92 Å². The van der Waals surface area contributed by atoms with Crippen LogP contribution in [0.1, 0.15) is 11.9 Å². The summed E-state index contributed by atoms with van der Waals surface area (Å²) in [7, 11) is 0. The number of hydrogen-bond acceptors (Lipinski definition) is 4. The van der Waals surface area contributed by atoms with Gasteiger partial charge in [-0.1, -0.05) is 0 Å². The molecule has 1 fully saturated rings. The molecule has 0 saturated carbocycles. The Morgan fingerprint density at radius 1 is 1.54 bits per heavy atom. The fraction of sp³-hybridized carbons (Fsp3) is 0.286. The predicted octanol–water partition coefficient (Wildman–Crippen LogP) is 0.198. The lowest BCUT2D eigenvalue weighted by Crippen LogP contribution is -2.40. The van der Waals surface area contributed by atoms with Crippen molar-refractivity contribution in [1.29, 1.82) is 0 Å². The second-order valence-corrected chi connectivity index (χ2v) is 3.77. The Kier molecular flexibility index (Phi) is 1.59. The van der Waals surface area contributed by atoms with Gasteiger partial charge in [-0.3, -0.25) is 10.1 Å². The van der Waals surface area contributed by atoms with E-state index in [0.717, 1.165) is 0 Å². The number of urea groups is 1. The summed E-state index contributed by atoms with van der Waals surface area (Å²) in [6.07, 6.45) is 1.60. The maximum absolute atomic E-state index is 11.4. The zero-order valence-corrected chi connectivity index (χ0v) is 7.64. The Hall–Kier alpha value is -1.43. The molecule has 1 atom stereocenters. The van der Waals surface area contributed by atoms with Crippen LogP contribution in [-0.2, 0) is 10.3 Å². The Bertz CT molecular complexity index is 362. The lowest BCUT2D eigenvalue weighted by atomic mass is 10.1. The van der Waals surface area contributed by atoms with Crippen molar-refractivity contribution in [2.45, 2.75) is 12.5 Å². The van der Waals surface area contributed by atoms with Crippen LogP contribution in [0.5, 0.6) is 0 Å². The van der Waals surface area contributed by atoms with E-state index in [1.165, 1.54) is 11.3 Å². The molecule has 6 heteroatoms. The third kappa shape index (κ3) is 1.10. The summed E-state index contributed by atoms with van der Waals surface area (Å²) in [5.74, 6) is -0.354. The van der Waals surface area contributed by atoms with Gasteiger partial charge in [-0.25, -0.2) is 9.78 Å². The van der Waals surface area contributed by atoms with Crippen molar-refractivity contribution in [2.24, 2.45) is 0 Å². The SMILES string of the molecule is C[C@@]1(c2nccs2)NC(=O)NC1=O. The predicted molar refractivity (Wildman–Crippen MR) is 46.1 cm³/mol. The number of imide groups is 1. The van der Waals surface area contributed by atoms with E-state index < -0.39 is 11.6 Å². The molecule has 1 saturated heterocycles. The second-order valence-electron chi connectivity index (χ2n) is 2.87. The third-order valence-electron chi connectivity index (χ3n) is 1.90. The Morgan fingerprint density at radius 2 is 2.31 bits per heavy atom. The average molecular weight is 197 g/mol. The van der Waals surface area contributed by atoms with Crippen LogP contribution in [0.4, 0.5) is 4.79 Å². The van der Waals surface area contributed by atoms with Crippen molar-refractivity contribution in [1.82, 2.24) is 15.6 Å². The smallest absolute Gasteiger partial charge is 0.318 e. The molecule has 1 aromatic rings. The molecule has 2 N–H and O–H groups in total. The van der Waals surface area contributed by atoms with Crippen molar-refractivity contribution in [3.8, 4) is 0 Å². The van der Waals surface area contributed by atoms with Gasteiger partial charge >= 0.3 is 6.03 Å². The number of hydrogen-bond donors (Lipinski definition) is 2. The zero-order valence-electron chi connectivity index (χ0n) is 6.83. The molecular formula is C7H7N3O2S. The lowest BCUT2D eigenvalue weighted by Gasteiger charge is -2.16. The average Bonchev–Trinajstić information content (AvgIpc) is 2.61. The molecule has 1 aromatic heterocycles. The van der Waals surface area contributed by atoms with Gasteiger partial charge in [0, 0.05) is 11.6 Å². The fourth-order valence-electron chi connectivity index (χ4n) is 1.16. The number of carbonyl (C=O) groups excluding carboxylic acids is 2. The molecule has 0 aromatic carbocycles. The van der Waals surface area contributed by atoms with E-state index in [1.807, 2.05) is 0 Å². The van der Waals surface area contributed by atoms with Crippen molar-refractivity contribution in [3.05, 3.63) is 16.6 Å². The van der Waals surface area contributed by atoms with Gasteiger partial charge in [-0.15, -0.1) is 11.3 Å². The lowest BCUT2D eigenvalue weighted by molar-refractivity contribution is -0.123. The molecule has 0 unspecified atom stereocenters. The molecule has 2 rings (SSSR count). The van der Waals surface area contributed by atoms with Crippen molar-refractivity contribution in [2.75, 3.05) is 0 Å². The molecule has 2 heterocycles. The topological polar surface area (TPSA) is 71.1 Å². The number of amides is 3. The van der Waals surface area contributed by atoms with E-state index in [-0.39, 0.29) is 5.91 Å². The van der Waals surface area contributed by atoms with E-state index in [2.05, 4.69) is 15.6 Å². The molecule has 13 heavy (non-hydrogen) atoms. The molecule has 68 valence electrons. The Balaban J connectivity index is 2.42. The van der Waals surface area contributed by atoms with Gasteiger partial charge in [0.25, 0.3) is 5.91 Å². The first-order valence-electron chi connectivity index (χ1n) is 3.66. The number of nitrogens with zero attached hydrogens (tertiary/aromatic N) is 1. The minimum Gasteiger partial charge on any atom is -0.318 e. The van der Waals surface area contributed by atoms with Crippen LogP contribution in [-0.4, -0.2) is 16.9 Å². The molecule has 0 spiro atoms. The fourth-order valence-corrected chi connectivity index (χ4v) is 1.92. The number of thiazole rings is 1. The highest BCUT2D eigenvalue weighted by Gasteiger charge is 2.45. The first-order chi connectivity index (χ1) is 6.13. The summed E-state index contributed by atoms with van der Waals surface area (Å²) < 4.78 is 0. The van der Waals surface area contributed by atoms with E-state index >= 15 is 0 Å². The molecule has 5 nitrogen and oxygen atoms in total. The number of nitrogens with one attached hydrogen (secondary N) is 2. The number of aromatic nitrogens is 1. The number of carbonyl (C=O) groups is 2. The summed E-state index contributed by atoms with van der Waals surface area (Å²) in [4.78, 5) is 26.3. The van der Waals surface area contributed by atoms with E-state index in [1.54, 1.807) is 18.5 Å². The van der Waals surface area contributed by atoms with Crippen molar-refractivity contribution >= 4 is 23.3 Å². The van der Waals surface area contributed by atoms with Crippen molar-refractivity contribution < 1.29 is 9.59 Å². The summed E-state index contributed by atoms with van der Waals surface area (Å²) in [6, 6.07) is -0.470. The van der Waals surface area contributed by atoms with Crippen LogP contribution in [0.25, 0.3) is 0 Å². The van der Waals surface area contributed by atoms with Crippen LogP contribution in [0.15, 0.2) is 11.6 Å². The maximum Gasteiger partial charge on any atom is 0.322 e. The van der Waals surface area contributed by atoms with Gasteiger partial charge in [0.2, 0.25) is 0 Å². The Labute approximate surface area is 78.2 Å². The van der Waals surface area contributed by atoms with Gasteiger partial charge in [-0.2, -0.15) is 0 Å². The van der Waals surface area contributed by atoms with Gasteiger partial charge in [0.15, 0.2) is 5.54 Å². The highest BCUT2D eigenvalue weighted by atomic mass is 32.1. The third-order valence-corrected chi connectivity index (χ3v) is 2.90. The largest absolute Gasteiger partial charge is 0.322 e. The first-order valence-corrected chi connectivity index (χ1v) is 4.54. The van der Waals surface area contributed by atoms with Crippen LogP contribution in [0, 0.1) is 0 Å². The van der Waals surface area contributed by atoms with Crippen LogP contribution in [0.2, 0.25) is 0 Å². The summed E-state index contributed by atoms with van der Waals surface area (Å²) in [5.41, 5.74) is -0.995. The number of rotatable bonds is 1. The normalized spacial score (nSPS) is 27.2. The molecule has 1 aliphatic rings. The molecular weight excluding hydrogens is 190 g/mol. The van der Waals surface area contributed by atoms with Crippen molar-refractivity contribution in [3.63, 3.8) is 0 Å². The van der Waals surface area contributed by atoms with E-state index in [4.69, 9.17) is 0 Å². The first kappa shape index (κ1) is 8.18. The minimum atomic E-state index is -0.995. The van der Waals surface area contributed by atoms with Crippen LogP contribution < -0.4 is 10.6 Å². The van der Waals surface area contributed by atoms with Gasteiger partial charge in [0.05, 0.1) is 0 Å². The van der Waals surface area contributed by atoms with E-state index in [9.17, 15) is 9.59 Å². The molecule has 0 bridgehead atoms. The van der Waals surface area contributed by atoms with Gasteiger partial charge < -0.3 is 5.32 Å². The molecule has 0 aliphatic carbocycles. The maximum atomic E-state index is 11.4. The molecule has 0 radical (unpaired) electrons. The molecule has 3 amide bonds. The quantitative estimate of drug-likeness (QED) is 0.632. The van der Waals surface area contributed by atoms with Crippen LogP contribution in [0.3, 0.4) is 0 Å². The van der Waals surface area contributed by atoms with Crippen LogP contribution >= 0.6 is 11.3 Å².